The lowest BCUT2D eigenvalue weighted by Crippen LogP contribution is -2.36. The summed E-state index contributed by atoms with van der Waals surface area (Å²) in [6.45, 7) is 4.68. The molecule has 0 spiro atoms. The van der Waals surface area contributed by atoms with Crippen molar-refractivity contribution in [2.45, 2.75) is 39.3 Å². The molecule has 0 aliphatic rings. The Bertz CT molecular complexity index is 624. The molecule has 0 fully saturated rings. The van der Waals surface area contributed by atoms with Crippen molar-refractivity contribution in [3.05, 3.63) is 42.1 Å². The molecular weight excluding hydrogens is 294 g/mol. The summed E-state index contributed by atoms with van der Waals surface area (Å²) in [6, 6.07) is 3.56. The molecule has 124 valence electrons. The van der Waals surface area contributed by atoms with Crippen LogP contribution in [0.5, 0.6) is 0 Å². The fraction of sp³-hybridized carbons (Fsp3) is 0.438. The van der Waals surface area contributed by atoms with E-state index in [0.29, 0.717) is 25.9 Å². The number of carbonyl (C=O) groups is 1. The average molecular weight is 317 g/mol. The summed E-state index contributed by atoms with van der Waals surface area (Å²) >= 11 is 0. The van der Waals surface area contributed by atoms with Crippen LogP contribution in [-0.2, 0) is 6.54 Å². The molecule has 23 heavy (non-hydrogen) atoms. The van der Waals surface area contributed by atoms with Crippen LogP contribution in [0.25, 0.3) is 5.82 Å². The number of aliphatic hydroxyl groups excluding tert-OH is 1. The van der Waals surface area contributed by atoms with Crippen LogP contribution < -0.4 is 10.6 Å². The Hall–Kier alpha value is -2.41. The van der Waals surface area contributed by atoms with Crippen LogP contribution in [0.2, 0.25) is 0 Å². The van der Waals surface area contributed by atoms with E-state index in [4.69, 9.17) is 0 Å². The minimum atomic E-state index is -0.362. The second kappa shape index (κ2) is 8.28. The van der Waals surface area contributed by atoms with Crippen LogP contribution in [-0.4, -0.2) is 38.3 Å². The van der Waals surface area contributed by atoms with Gasteiger partial charge in [0.2, 0.25) is 0 Å². The number of carbonyl (C=O) groups excluding carboxylic acids is 1. The first-order valence-corrected chi connectivity index (χ1v) is 7.75. The first kappa shape index (κ1) is 17.0. The SMILES string of the molecule is CCC(O)CCNC(=O)NCc1ccc(-n2ccnc2C)nc1. The zero-order chi connectivity index (χ0) is 16.7. The molecule has 2 amide bonds. The minimum absolute atomic E-state index is 0.247. The normalized spacial score (nSPS) is 12.0. The van der Waals surface area contributed by atoms with Crippen LogP contribution in [0, 0.1) is 6.92 Å². The fourth-order valence-corrected chi connectivity index (χ4v) is 2.09. The lowest BCUT2D eigenvalue weighted by Gasteiger charge is -2.10. The molecule has 2 aromatic heterocycles. The predicted molar refractivity (Wildman–Crippen MR) is 87.2 cm³/mol. The van der Waals surface area contributed by atoms with E-state index < -0.39 is 0 Å². The Kier molecular flexibility index (Phi) is 6.10. The van der Waals surface area contributed by atoms with Gasteiger partial charge in [-0.25, -0.2) is 14.8 Å². The molecule has 0 aliphatic heterocycles. The Balaban J connectivity index is 1.78. The Labute approximate surface area is 135 Å². The summed E-state index contributed by atoms with van der Waals surface area (Å²) in [6.07, 6.45) is 6.21. The molecule has 0 aromatic carbocycles. The molecule has 2 heterocycles. The summed E-state index contributed by atoms with van der Waals surface area (Å²) < 4.78 is 1.89. The van der Waals surface area contributed by atoms with E-state index in [1.54, 1.807) is 12.4 Å². The molecule has 0 bridgehead atoms. The molecule has 1 atom stereocenters. The lowest BCUT2D eigenvalue weighted by atomic mass is 10.2. The summed E-state index contributed by atoms with van der Waals surface area (Å²) in [5.41, 5.74) is 0.912. The van der Waals surface area contributed by atoms with Gasteiger partial charge >= 0.3 is 6.03 Å². The smallest absolute Gasteiger partial charge is 0.315 e. The number of imidazole rings is 1. The van der Waals surface area contributed by atoms with E-state index in [2.05, 4.69) is 20.6 Å². The molecule has 7 nitrogen and oxygen atoms in total. The highest BCUT2D eigenvalue weighted by Crippen LogP contribution is 2.08. The number of amides is 2. The molecule has 2 rings (SSSR count). The van der Waals surface area contributed by atoms with E-state index >= 15 is 0 Å². The van der Waals surface area contributed by atoms with Gasteiger partial charge < -0.3 is 15.7 Å². The third-order valence-corrected chi connectivity index (χ3v) is 3.57. The van der Waals surface area contributed by atoms with Gasteiger partial charge in [0, 0.05) is 31.7 Å². The largest absolute Gasteiger partial charge is 0.393 e. The molecule has 0 saturated carbocycles. The zero-order valence-corrected chi connectivity index (χ0v) is 13.5. The van der Waals surface area contributed by atoms with Gasteiger partial charge in [-0.3, -0.25) is 4.57 Å². The maximum Gasteiger partial charge on any atom is 0.315 e. The van der Waals surface area contributed by atoms with Gasteiger partial charge in [-0.15, -0.1) is 0 Å². The second-order valence-electron chi connectivity index (χ2n) is 5.33. The number of aryl methyl sites for hydroxylation is 1. The molecule has 7 heteroatoms. The van der Waals surface area contributed by atoms with Gasteiger partial charge in [0.1, 0.15) is 11.6 Å². The van der Waals surface area contributed by atoms with Gasteiger partial charge in [-0.2, -0.15) is 0 Å². The zero-order valence-electron chi connectivity index (χ0n) is 13.5. The van der Waals surface area contributed by atoms with Crippen molar-refractivity contribution in [2.75, 3.05) is 6.54 Å². The first-order valence-electron chi connectivity index (χ1n) is 7.75. The van der Waals surface area contributed by atoms with E-state index in [1.807, 2.05) is 36.7 Å². The number of urea groups is 1. The number of pyridine rings is 1. The van der Waals surface area contributed by atoms with Crippen LogP contribution >= 0.6 is 0 Å². The van der Waals surface area contributed by atoms with Gasteiger partial charge in [0.15, 0.2) is 0 Å². The minimum Gasteiger partial charge on any atom is -0.393 e. The van der Waals surface area contributed by atoms with Crippen molar-refractivity contribution in [3.8, 4) is 5.82 Å². The molecule has 0 radical (unpaired) electrons. The number of rotatable bonds is 7. The number of nitrogens with zero attached hydrogens (tertiary/aromatic N) is 3. The average Bonchev–Trinajstić information content (AvgIpc) is 2.99. The highest BCUT2D eigenvalue weighted by molar-refractivity contribution is 5.73. The van der Waals surface area contributed by atoms with E-state index in [9.17, 15) is 9.90 Å². The number of hydrogen-bond donors (Lipinski definition) is 3. The maximum absolute atomic E-state index is 11.6. The van der Waals surface area contributed by atoms with Crippen molar-refractivity contribution in [3.63, 3.8) is 0 Å². The monoisotopic (exact) mass is 317 g/mol. The highest BCUT2D eigenvalue weighted by atomic mass is 16.3. The van der Waals surface area contributed by atoms with Crippen LogP contribution in [0.15, 0.2) is 30.7 Å². The fourth-order valence-electron chi connectivity index (χ4n) is 2.09. The number of aliphatic hydroxyl groups is 1. The van der Waals surface area contributed by atoms with Crippen molar-refractivity contribution < 1.29 is 9.90 Å². The molecule has 0 saturated heterocycles. The van der Waals surface area contributed by atoms with Crippen LogP contribution in [0.1, 0.15) is 31.2 Å². The molecule has 3 N–H and O–H groups in total. The van der Waals surface area contributed by atoms with Crippen LogP contribution in [0.3, 0.4) is 0 Å². The van der Waals surface area contributed by atoms with Gasteiger partial charge in [0.05, 0.1) is 6.10 Å². The van der Waals surface area contributed by atoms with Crippen molar-refractivity contribution in [1.82, 2.24) is 25.2 Å². The standard InChI is InChI=1S/C16H23N5O2/c1-3-14(22)6-7-18-16(23)20-11-13-4-5-15(19-10-13)21-9-8-17-12(21)2/h4-5,8-10,14,22H,3,6-7,11H2,1-2H3,(H2,18,20,23). The number of nitrogens with one attached hydrogen (secondary N) is 2. The first-order chi connectivity index (χ1) is 11.1. The summed E-state index contributed by atoms with van der Waals surface area (Å²) in [5.74, 6) is 1.67. The van der Waals surface area contributed by atoms with Gasteiger partial charge in [0.25, 0.3) is 0 Å². The quantitative estimate of drug-likeness (QED) is 0.722. The molecule has 1 unspecified atom stereocenters. The van der Waals surface area contributed by atoms with Crippen LogP contribution in [0.4, 0.5) is 4.79 Å². The van der Waals surface area contributed by atoms with Crippen molar-refractivity contribution >= 4 is 6.03 Å². The summed E-state index contributed by atoms with van der Waals surface area (Å²) in [7, 11) is 0. The Morgan fingerprint density at radius 2 is 2.17 bits per heavy atom. The number of aromatic nitrogens is 3. The Morgan fingerprint density at radius 3 is 2.78 bits per heavy atom. The molecule has 0 aliphatic carbocycles. The Morgan fingerprint density at radius 1 is 1.35 bits per heavy atom. The van der Waals surface area contributed by atoms with Crippen molar-refractivity contribution in [1.29, 1.82) is 0 Å². The third kappa shape index (κ3) is 5.07. The van der Waals surface area contributed by atoms with E-state index in [1.165, 1.54) is 0 Å². The summed E-state index contributed by atoms with van der Waals surface area (Å²) in [5, 5.41) is 14.9. The van der Waals surface area contributed by atoms with E-state index in [-0.39, 0.29) is 12.1 Å². The van der Waals surface area contributed by atoms with Crippen molar-refractivity contribution in [2.24, 2.45) is 0 Å². The maximum atomic E-state index is 11.6. The van der Waals surface area contributed by atoms with Gasteiger partial charge in [-0.1, -0.05) is 13.0 Å². The predicted octanol–water partition coefficient (Wildman–Crippen LogP) is 1.54. The number of hydrogen-bond acceptors (Lipinski definition) is 4. The summed E-state index contributed by atoms with van der Waals surface area (Å²) in [4.78, 5) is 20.2. The molecular formula is C16H23N5O2. The second-order valence-corrected chi connectivity index (χ2v) is 5.33. The third-order valence-electron chi connectivity index (χ3n) is 3.57. The highest BCUT2D eigenvalue weighted by Gasteiger charge is 2.05. The molecule has 2 aromatic rings. The van der Waals surface area contributed by atoms with Gasteiger partial charge in [-0.05, 0) is 31.4 Å². The van der Waals surface area contributed by atoms with E-state index in [0.717, 1.165) is 17.2 Å². The lowest BCUT2D eigenvalue weighted by molar-refractivity contribution is 0.160. The topological polar surface area (TPSA) is 92.1 Å².